The van der Waals surface area contributed by atoms with Gasteiger partial charge in [-0.2, -0.15) is 13.2 Å². The van der Waals surface area contributed by atoms with Gasteiger partial charge in [-0.25, -0.2) is 4.68 Å². The van der Waals surface area contributed by atoms with E-state index in [-0.39, 0.29) is 6.54 Å². The van der Waals surface area contributed by atoms with Crippen molar-refractivity contribution >= 4 is 17.7 Å². The van der Waals surface area contributed by atoms with Gasteiger partial charge < -0.3 is 5.32 Å². The third kappa shape index (κ3) is 4.58. The lowest BCUT2D eigenvalue weighted by Crippen LogP contribution is -2.37. The summed E-state index contributed by atoms with van der Waals surface area (Å²) >= 11 is 1.39. The van der Waals surface area contributed by atoms with Gasteiger partial charge in [-0.1, -0.05) is 24.6 Å². The zero-order valence-electron chi connectivity index (χ0n) is 11.3. The quantitative estimate of drug-likeness (QED) is 0.640. The van der Waals surface area contributed by atoms with E-state index in [2.05, 4.69) is 15.5 Å². The van der Waals surface area contributed by atoms with E-state index in [0.717, 1.165) is 25.7 Å². The Morgan fingerprint density at radius 1 is 1.38 bits per heavy atom. The first-order valence-electron chi connectivity index (χ1n) is 6.74. The van der Waals surface area contributed by atoms with Crippen LogP contribution in [0.25, 0.3) is 0 Å². The van der Waals surface area contributed by atoms with Gasteiger partial charge in [0.1, 0.15) is 0 Å². The molecule has 1 aliphatic rings. The molecule has 0 bridgehead atoms. The normalized spacial score (nSPS) is 16.3. The van der Waals surface area contributed by atoms with Gasteiger partial charge in [0.15, 0.2) is 0 Å². The van der Waals surface area contributed by atoms with Crippen LogP contribution in [0, 0.1) is 0 Å². The van der Waals surface area contributed by atoms with E-state index in [9.17, 15) is 18.0 Å². The van der Waals surface area contributed by atoms with Crippen LogP contribution >= 0.6 is 11.8 Å². The lowest BCUT2D eigenvalue weighted by atomic mass is 10.3. The Morgan fingerprint density at radius 3 is 2.76 bits per heavy atom. The first-order valence-corrected chi connectivity index (χ1v) is 7.72. The maximum atomic E-state index is 12.0. The van der Waals surface area contributed by atoms with Crippen molar-refractivity contribution in [1.82, 2.24) is 25.5 Å². The van der Waals surface area contributed by atoms with Crippen LogP contribution in [-0.2, 0) is 4.79 Å². The van der Waals surface area contributed by atoms with Crippen molar-refractivity contribution in [2.75, 3.05) is 12.3 Å². The smallest absolute Gasteiger partial charge is 0.348 e. The molecular weight excluding hydrogens is 307 g/mol. The second-order valence-corrected chi connectivity index (χ2v) is 5.86. The SMILES string of the molecule is O=C(NCCCSc1nnnn1C1CCCC1)C(F)(F)F. The second kappa shape index (κ2) is 7.10. The monoisotopic (exact) mass is 323 g/mol. The maximum absolute atomic E-state index is 12.0. The van der Waals surface area contributed by atoms with E-state index in [4.69, 9.17) is 0 Å². The van der Waals surface area contributed by atoms with Crippen LogP contribution in [0.2, 0.25) is 0 Å². The Morgan fingerprint density at radius 2 is 2.10 bits per heavy atom. The van der Waals surface area contributed by atoms with E-state index in [1.165, 1.54) is 11.8 Å². The number of alkyl halides is 3. The van der Waals surface area contributed by atoms with Crippen molar-refractivity contribution in [2.24, 2.45) is 0 Å². The minimum atomic E-state index is -4.82. The van der Waals surface area contributed by atoms with Crippen LogP contribution in [-0.4, -0.2) is 44.6 Å². The van der Waals surface area contributed by atoms with Crippen molar-refractivity contribution in [3.05, 3.63) is 0 Å². The molecule has 0 radical (unpaired) electrons. The average Bonchev–Trinajstić information content (AvgIpc) is 3.07. The summed E-state index contributed by atoms with van der Waals surface area (Å²) in [6.45, 7) is -0.0175. The summed E-state index contributed by atoms with van der Waals surface area (Å²) in [5.74, 6) is -1.35. The molecule has 2 rings (SSSR count). The Labute approximate surface area is 123 Å². The highest BCUT2D eigenvalue weighted by molar-refractivity contribution is 7.99. The number of carbonyl (C=O) groups is 1. The van der Waals surface area contributed by atoms with Gasteiger partial charge in [0.05, 0.1) is 6.04 Å². The number of hydrogen-bond donors (Lipinski definition) is 1. The second-order valence-electron chi connectivity index (χ2n) is 4.80. The van der Waals surface area contributed by atoms with Crippen molar-refractivity contribution in [1.29, 1.82) is 0 Å². The molecule has 1 aromatic heterocycles. The summed E-state index contributed by atoms with van der Waals surface area (Å²) in [5, 5.41) is 14.1. The molecule has 1 amide bonds. The molecule has 1 fully saturated rings. The van der Waals surface area contributed by atoms with Gasteiger partial charge in [0.2, 0.25) is 5.16 Å². The van der Waals surface area contributed by atoms with Crippen LogP contribution in [0.5, 0.6) is 0 Å². The highest BCUT2D eigenvalue weighted by Crippen LogP contribution is 2.31. The highest BCUT2D eigenvalue weighted by Gasteiger charge is 2.38. The summed E-state index contributed by atoms with van der Waals surface area (Å²) in [5.41, 5.74) is 0. The third-order valence-corrected chi connectivity index (χ3v) is 4.25. The number of tetrazole rings is 1. The summed E-state index contributed by atoms with van der Waals surface area (Å²) in [7, 11) is 0. The molecule has 1 aliphatic carbocycles. The number of aromatic nitrogens is 4. The van der Waals surface area contributed by atoms with E-state index < -0.39 is 12.1 Å². The van der Waals surface area contributed by atoms with Crippen LogP contribution in [0.4, 0.5) is 13.2 Å². The van der Waals surface area contributed by atoms with Gasteiger partial charge in [-0.05, 0) is 29.7 Å². The predicted molar refractivity (Wildman–Crippen MR) is 69.7 cm³/mol. The molecule has 1 aromatic rings. The number of nitrogens with one attached hydrogen (secondary N) is 1. The number of amides is 1. The molecule has 0 unspecified atom stereocenters. The molecule has 0 spiro atoms. The minimum absolute atomic E-state index is 0.0175. The molecule has 0 aliphatic heterocycles. The molecule has 1 saturated carbocycles. The third-order valence-electron chi connectivity index (χ3n) is 3.23. The highest BCUT2D eigenvalue weighted by atomic mass is 32.2. The zero-order valence-corrected chi connectivity index (χ0v) is 12.1. The zero-order chi connectivity index (χ0) is 15.3. The largest absolute Gasteiger partial charge is 0.471 e. The van der Waals surface area contributed by atoms with Gasteiger partial charge >= 0.3 is 12.1 Å². The molecule has 21 heavy (non-hydrogen) atoms. The fourth-order valence-corrected chi connectivity index (χ4v) is 3.08. The minimum Gasteiger partial charge on any atom is -0.348 e. The van der Waals surface area contributed by atoms with Crippen LogP contribution < -0.4 is 5.32 Å². The fraction of sp³-hybridized carbons (Fsp3) is 0.818. The Bertz CT molecular complexity index is 473. The number of rotatable bonds is 6. The predicted octanol–water partition coefficient (Wildman–Crippen LogP) is 1.95. The molecule has 0 saturated heterocycles. The molecule has 10 heteroatoms. The molecule has 1 N–H and O–H groups in total. The average molecular weight is 323 g/mol. The van der Waals surface area contributed by atoms with E-state index in [1.54, 1.807) is 4.68 Å². The van der Waals surface area contributed by atoms with Crippen molar-refractivity contribution in [2.45, 2.75) is 49.5 Å². The topological polar surface area (TPSA) is 72.7 Å². The number of thioether (sulfide) groups is 1. The Balaban J connectivity index is 1.70. The summed E-state index contributed by atoms with van der Waals surface area (Å²) in [4.78, 5) is 10.6. The summed E-state index contributed by atoms with van der Waals surface area (Å²) in [6.07, 6.45) is 0.0421. The summed E-state index contributed by atoms with van der Waals surface area (Å²) < 4.78 is 37.7. The molecule has 1 heterocycles. The molecule has 6 nitrogen and oxygen atoms in total. The number of nitrogens with zero attached hydrogens (tertiary/aromatic N) is 4. The Kier molecular flexibility index (Phi) is 5.43. The van der Waals surface area contributed by atoms with Gasteiger partial charge in [-0.3, -0.25) is 4.79 Å². The molecule has 0 aromatic carbocycles. The van der Waals surface area contributed by atoms with Crippen molar-refractivity contribution < 1.29 is 18.0 Å². The standard InChI is InChI=1S/C11H16F3N5OS/c12-11(13,14)9(20)15-6-3-7-21-10-16-17-18-19(10)8-4-1-2-5-8/h8H,1-7H2,(H,15,20). The van der Waals surface area contributed by atoms with Crippen LogP contribution in [0.3, 0.4) is 0 Å². The first kappa shape index (κ1) is 16.1. The molecule has 118 valence electrons. The van der Waals surface area contributed by atoms with Crippen LogP contribution in [0.1, 0.15) is 38.1 Å². The Hall–Kier alpha value is -1.32. The lowest BCUT2D eigenvalue weighted by molar-refractivity contribution is -0.173. The van der Waals surface area contributed by atoms with Crippen molar-refractivity contribution in [3.63, 3.8) is 0 Å². The lowest BCUT2D eigenvalue weighted by Gasteiger charge is -2.11. The fourth-order valence-electron chi connectivity index (χ4n) is 2.20. The van der Waals surface area contributed by atoms with E-state index in [0.29, 0.717) is 23.4 Å². The van der Waals surface area contributed by atoms with E-state index >= 15 is 0 Å². The molecular formula is C11H16F3N5OS. The van der Waals surface area contributed by atoms with Crippen LogP contribution in [0.15, 0.2) is 5.16 Å². The summed E-state index contributed by atoms with van der Waals surface area (Å²) in [6, 6.07) is 0.326. The number of carbonyl (C=O) groups excluding carboxylic acids is 1. The van der Waals surface area contributed by atoms with Gasteiger partial charge in [0, 0.05) is 12.3 Å². The first-order chi connectivity index (χ1) is 9.98. The molecule has 0 atom stereocenters. The number of hydrogen-bond acceptors (Lipinski definition) is 5. The maximum Gasteiger partial charge on any atom is 0.471 e. The van der Waals surface area contributed by atoms with Crippen molar-refractivity contribution in [3.8, 4) is 0 Å². The van der Waals surface area contributed by atoms with E-state index in [1.807, 2.05) is 5.32 Å². The number of halogens is 3. The van der Waals surface area contributed by atoms with Gasteiger partial charge in [-0.15, -0.1) is 5.10 Å². The van der Waals surface area contributed by atoms with Gasteiger partial charge in [0.25, 0.3) is 0 Å².